The van der Waals surface area contributed by atoms with Gasteiger partial charge in [0, 0.05) is 33.0 Å². The monoisotopic (exact) mass is 417 g/mol. The fourth-order valence-corrected chi connectivity index (χ4v) is 3.38. The molecular weight excluding hydrogens is 398 g/mol. The third-order valence-corrected chi connectivity index (χ3v) is 4.84. The van der Waals surface area contributed by atoms with Crippen LogP contribution in [0.3, 0.4) is 0 Å². The van der Waals surface area contributed by atoms with Crippen LogP contribution < -0.4 is 15.5 Å². The smallest absolute Gasteiger partial charge is 0.326 e. The van der Waals surface area contributed by atoms with Gasteiger partial charge in [-0.05, 0) is 36.4 Å². The molecule has 0 fully saturated rings. The van der Waals surface area contributed by atoms with Crippen molar-refractivity contribution in [2.75, 3.05) is 23.9 Å². The first-order valence-corrected chi connectivity index (χ1v) is 9.43. The molecular formula is C20H19N9O2. The second-order valence-electron chi connectivity index (χ2n) is 7.18. The van der Waals surface area contributed by atoms with E-state index in [0.29, 0.717) is 34.0 Å². The Bertz CT molecular complexity index is 1400. The van der Waals surface area contributed by atoms with Gasteiger partial charge >= 0.3 is 6.03 Å². The summed E-state index contributed by atoms with van der Waals surface area (Å²) in [6, 6.07) is 10.2. The molecule has 4 heterocycles. The van der Waals surface area contributed by atoms with E-state index in [2.05, 4.69) is 20.2 Å². The topological polar surface area (TPSA) is 124 Å². The molecule has 11 heteroatoms. The average molecular weight is 417 g/mol. The lowest BCUT2D eigenvalue weighted by Crippen LogP contribution is -2.33. The van der Waals surface area contributed by atoms with E-state index in [1.165, 1.54) is 9.42 Å². The van der Waals surface area contributed by atoms with Crippen molar-refractivity contribution in [2.45, 2.75) is 0 Å². The van der Waals surface area contributed by atoms with Crippen molar-refractivity contribution in [3.8, 4) is 11.6 Å². The fourth-order valence-electron chi connectivity index (χ4n) is 3.38. The van der Waals surface area contributed by atoms with Gasteiger partial charge in [-0.15, -0.1) is 5.10 Å². The summed E-state index contributed by atoms with van der Waals surface area (Å²) in [5, 5.41) is 9.61. The molecule has 0 aliphatic rings. The Balaban J connectivity index is 1.76. The molecule has 0 radical (unpaired) electrons. The van der Waals surface area contributed by atoms with Gasteiger partial charge in [-0.3, -0.25) is 4.68 Å². The second-order valence-corrected chi connectivity index (χ2v) is 7.18. The molecule has 31 heavy (non-hydrogen) atoms. The number of furan rings is 1. The number of rotatable bonds is 4. The van der Waals surface area contributed by atoms with Crippen LogP contribution in [0.15, 0.2) is 53.3 Å². The van der Waals surface area contributed by atoms with Crippen LogP contribution >= 0.6 is 0 Å². The zero-order chi connectivity index (χ0) is 21.7. The summed E-state index contributed by atoms with van der Waals surface area (Å²) >= 11 is 0. The van der Waals surface area contributed by atoms with Crippen molar-refractivity contribution in [1.29, 1.82) is 0 Å². The standard InChI is InChI=1S/C20H19N9O2/c1-26(2)12-6-8-13(9-7-12)28(19(21)30)20-23-16-14(11-27(3)24-16)18-22-17(25-29(18)20)15-5-4-10-31-15/h4-11H,1-3H3,(H2,21,30). The number of carbonyl (C=O) groups is 1. The minimum absolute atomic E-state index is 0.177. The number of amides is 2. The van der Waals surface area contributed by atoms with Crippen molar-refractivity contribution in [2.24, 2.45) is 12.8 Å². The lowest BCUT2D eigenvalue weighted by atomic mass is 10.2. The molecule has 0 bridgehead atoms. The maximum absolute atomic E-state index is 12.5. The maximum atomic E-state index is 12.5. The first kappa shape index (κ1) is 18.6. The number of aromatic nitrogens is 6. The number of hydrogen-bond donors (Lipinski definition) is 1. The van der Waals surface area contributed by atoms with Crippen LogP contribution in [0.2, 0.25) is 0 Å². The molecule has 0 saturated heterocycles. The molecule has 2 amide bonds. The molecule has 1 aromatic carbocycles. The van der Waals surface area contributed by atoms with Crippen LogP contribution in [0.5, 0.6) is 0 Å². The molecule has 5 aromatic rings. The highest BCUT2D eigenvalue weighted by Crippen LogP contribution is 2.30. The normalized spacial score (nSPS) is 11.3. The van der Waals surface area contributed by atoms with Crippen LogP contribution in [-0.4, -0.2) is 49.5 Å². The van der Waals surface area contributed by atoms with Crippen molar-refractivity contribution < 1.29 is 9.21 Å². The Kier molecular flexibility index (Phi) is 4.10. The highest BCUT2D eigenvalue weighted by atomic mass is 16.3. The predicted octanol–water partition coefficient (Wildman–Crippen LogP) is 2.55. The molecule has 5 rings (SSSR count). The Morgan fingerprint density at radius 3 is 2.45 bits per heavy atom. The summed E-state index contributed by atoms with van der Waals surface area (Å²) in [4.78, 5) is 25.0. The summed E-state index contributed by atoms with van der Waals surface area (Å²) in [7, 11) is 5.66. The summed E-state index contributed by atoms with van der Waals surface area (Å²) in [5.74, 6) is 1.03. The molecule has 0 spiro atoms. The second kappa shape index (κ2) is 6.83. The molecule has 0 unspecified atom stereocenters. The van der Waals surface area contributed by atoms with E-state index < -0.39 is 6.03 Å². The van der Waals surface area contributed by atoms with E-state index in [-0.39, 0.29) is 5.95 Å². The van der Waals surface area contributed by atoms with E-state index in [9.17, 15) is 4.79 Å². The van der Waals surface area contributed by atoms with Crippen molar-refractivity contribution in [1.82, 2.24) is 29.4 Å². The van der Waals surface area contributed by atoms with E-state index in [4.69, 9.17) is 10.2 Å². The summed E-state index contributed by atoms with van der Waals surface area (Å²) < 4.78 is 8.55. The van der Waals surface area contributed by atoms with Crippen LogP contribution in [0.1, 0.15) is 0 Å². The van der Waals surface area contributed by atoms with Gasteiger partial charge in [0.2, 0.25) is 11.8 Å². The number of urea groups is 1. The Hall–Kier alpha value is -4.41. The van der Waals surface area contributed by atoms with Gasteiger partial charge in [-0.2, -0.15) is 14.6 Å². The van der Waals surface area contributed by atoms with Gasteiger partial charge < -0.3 is 15.1 Å². The molecule has 4 aromatic heterocycles. The van der Waals surface area contributed by atoms with Crippen LogP contribution in [0, 0.1) is 0 Å². The number of benzene rings is 1. The maximum Gasteiger partial charge on any atom is 0.326 e. The van der Waals surface area contributed by atoms with E-state index in [0.717, 1.165) is 5.69 Å². The number of aryl methyl sites for hydroxylation is 1. The number of nitrogens with two attached hydrogens (primary N) is 1. The van der Waals surface area contributed by atoms with Gasteiger partial charge in [0.25, 0.3) is 0 Å². The van der Waals surface area contributed by atoms with Crippen LogP contribution in [0.25, 0.3) is 28.3 Å². The third kappa shape index (κ3) is 3.03. The third-order valence-electron chi connectivity index (χ3n) is 4.84. The van der Waals surface area contributed by atoms with Crippen LogP contribution in [0.4, 0.5) is 22.1 Å². The molecule has 11 nitrogen and oxygen atoms in total. The molecule has 0 atom stereocenters. The number of carbonyl (C=O) groups excluding carboxylic acids is 1. The van der Waals surface area contributed by atoms with E-state index in [1.807, 2.05) is 31.1 Å². The van der Waals surface area contributed by atoms with Crippen molar-refractivity contribution in [3.63, 3.8) is 0 Å². The quantitative estimate of drug-likeness (QED) is 0.476. The highest BCUT2D eigenvalue weighted by molar-refractivity contribution is 5.99. The number of primary amides is 1. The Morgan fingerprint density at radius 2 is 1.81 bits per heavy atom. The van der Waals surface area contributed by atoms with Gasteiger partial charge in [-0.25, -0.2) is 14.7 Å². The molecule has 0 aliphatic heterocycles. The Labute approximate surface area is 176 Å². The number of anilines is 3. The fraction of sp³-hybridized carbons (Fsp3) is 0.150. The lowest BCUT2D eigenvalue weighted by Gasteiger charge is -2.21. The largest absolute Gasteiger partial charge is 0.461 e. The Morgan fingerprint density at radius 1 is 1.06 bits per heavy atom. The van der Waals surface area contributed by atoms with E-state index in [1.54, 1.807) is 48.5 Å². The molecule has 0 saturated carbocycles. The van der Waals surface area contributed by atoms with Crippen molar-refractivity contribution >= 4 is 40.0 Å². The molecule has 2 N–H and O–H groups in total. The van der Waals surface area contributed by atoms with Gasteiger partial charge in [0.1, 0.15) is 0 Å². The lowest BCUT2D eigenvalue weighted by molar-refractivity contribution is 0.255. The highest BCUT2D eigenvalue weighted by Gasteiger charge is 2.25. The zero-order valence-corrected chi connectivity index (χ0v) is 17.1. The number of hydrogen-bond acceptors (Lipinski definition) is 7. The predicted molar refractivity (Wildman–Crippen MR) is 115 cm³/mol. The minimum atomic E-state index is -0.711. The number of nitrogens with zero attached hydrogens (tertiary/aromatic N) is 8. The minimum Gasteiger partial charge on any atom is -0.461 e. The summed E-state index contributed by atoms with van der Waals surface area (Å²) in [6.07, 6.45) is 3.34. The summed E-state index contributed by atoms with van der Waals surface area (Å²) in [6.45, 7) is 0. The average Bonchev–Trinajstić information content (AvgIpc) is 3.46. The molecule has 0 aliphatic carbocycles. The number of fused-ring (bicyclic) bond motifs is 3. The van der Waals surface area contributed by atoms with Crippen molar-refractivity contribution in [3.05, 3.63) is 48.9 Å². The molecule has 156 valence electrons. The van der Waals surface area contributed by atoms with Crippen LogP contribution in [-0.2, 0) is 7.05 Å². The van der Waals surface area contributed by atoms with Gasteiger partial charge in [-0.1, -0.05) is 0 Å². The SMILES string of the molecule is CN(C)c1ccc(N(C(N)=O)c2nc3nn(C)cc3c3nc(-c4ccco4)nn23)cc1. The first-order chi connectivity index (χ1) is 14.9. The zero-order valence-electron chi connectivity index (χ0n) is 17.1. The van der Waals surface area contributed by atoms with Gasteiger partial charge in [0.05, 0.1) is 17.3 Å². The first-order valence-electron chi connectivity index (χ1n) is 9.43. The van der Waals surface area contributed by atoms with E-state index >= 15 is 0 Å². The van der Waals surface area contributed by atoms with Gasteiger partial charge in [0.15, 0.2) is 17.1 Å². The summed E-state index contributed by atoms with van der Waals surface area (Å²) in [5.41, 5.74) is 8.19.